The van der Waals surface area contributed by atoms with Crippen LogP contribution in [0.25, 0.3) is 21.8 Å². The minimum absolute atomic E-state index is 0.201. The van der Waals surface area contributed by atoms with Crippen molar-refractivity contribution in [2.45, 2.75) is 90.4 Å². The smallest absolute Gasteiger partial charge is 0.166 e. The van der Waals surface area contributed by atoms with Crippen molar-refractivity contribution in [1.82, 2.24) is 9.97 Å². The maximum atomic E-state index is 15.9. The first-order valence-electron chi connectivity index (χ1n) is 13.7. The van der Waals surface area contributed by atoms with Crippen molar-refractivity contribution in [3.8, 4) is 0 Å². The standard InChI is InChI=1S/C32H36F4N2/c1-6-14-31(5,8-3)23-25(33)27(35)24(28(36)26(23)34)32(9-4,15-7-2)18-20-17-22-13-12-21-11-10-16-37-29(21)30(22)38-19-20/h10-13,16-17,19H,6-9,14-15,18H2,1-5H3. The van der Waals surface area contributed by atoms with E-state index in [2.05, 4.69) is 9.97 Å². The number of hydrogen-bond acceptors (Lipinski definition) is 2. The van der Waals surface area contributed by atoms with Crippen molar-refractivity contribution < 1.29 is 17.6 Å². The molecule has 0 aliphatic heterocycles. The average molecular weight is 525 g/mol. The molecule has 0 saturated carbocycles. The molecule has 38 heavy (non-hydrogen) atoms. The van der Waals surface area contributed by atoms with Gasteiger partial charge in [0.15, 0.2) is 23.3 Å². The van der Waals surface area contributed by atoms with Crippen molar-refractivity contribution in [1.29, 1.82) is 0 Å². The van der Waals surface area contributed by atoms with Crippen molar-refractivity contribution in [3.63, 3.8) is 0 Å². The van der Waals surface area contributed by atoms with E-state index < -0.39 is 45.2 Å². The maximum absolute atomic E-state index is 15.9. The summed E-state index contributed by atoms with van der Waals surface area (Å²) < 4.78 is 63.3. The molecule has 202 valence electrons. The van der Waals surface area contributed by atoms with Gasteiger partial charge < -0.3 is 0 Å². The Morgan fingerprint density at radius 3 is 1.92 bits per heavy atom. The Balaban J connectivity index is 1.88. The predicted octanol–water partition coefficient (Wildman–Crippen LogP) is 9.50. The number of benzene rings is 2. The lowest BCUT2D eigenvalue weighted by atomic mass is 9.68. The predicted molar refractivity (Wildman–Crippen MR) is 146 cm³/mol. The summed E-state index contributed by atoms with van der Waals surface area (Å²) in [5, 5.41) is 1.81. The Morgan fingerprint density at radius 2 is 1.32 bits per heavy atom. The Kier molecular flexibility index (Phi) is 8.10. The molecule has 0 N–H and O–H groups in total. The lowest BCUT2D eigenvalue weighted by molar-refractivity contribution is 0.302. The highest BCUT2D eigenvalue weighted by atomic mass is 19.2. The summed E-state index contributed by atoms with van der Waals surface area (Å²) in [4.78, 5) is 9.09. The number of hydrogen-bond donors (Lipinski definition) is 0. The maximum Gasteiger partial charge on any atom is 0.166 e. The molecule has 4 rings (SSSR count). The van der Waals surface area contributed by atoms with E-state index in [1.54, 1.807) is 26.2 Å². The van der Waals surface area contributed by atoms with Crippen LogP contribution in [0.4, 0.5) is 17.6 Å². The van der Waals surface area contributed by atoms with Crippen LogP contribution in [0, 0.1) is 23.3 Å². The van der Waals surface area contributed by atoms with Gasteiger partial charge in [0, 0.05) is 39.7 Å². The fourth-order valence-electron chi connectivity index (χ4n) is 6.19. The van der Waals surface area contributed by atoms with Crippen LogP contribution in [-0.4, -0.2) is 9.97 Å². The van der Waals surface area contributed by atoms with Gasteiger partial charge in [0.2, 0.25) is 0 Å². The zero-order valence-corrected chi connectivity index (χ0v) is 22.9. The molecule has 0 bridgehead atoms. The summed E-state index contributed by atoms with van der Waals surface area (Å²) in [5.74, 6) is -5.07. The second kappa shape index (κ2) is 11.0. The number of nitrogens with zero attached hydrogens (tertiary/aromatic N) is 2. The second-order valence-electron chi connectivity index (χ2n) is 10.8. The minimum Gasteiger partial charge on any atom is -0.254 e. The number of pyridine rings is 2. The Hall–Kier alpha value is -3.02. The Morgan fingerprint density at radius 1 is 0.711 bits per heavy atom. The van der Waals surface area contributed by atoms with Crippen LogP contribution in [0.1, 0.15) is 89.8 Å². The quantitative estimate of drug-likeness (QED) is 0.117. The molecule has 2 aromatic heterocycles. The summed E-state index contributed by atoms with van der Waals surface area (Å²) >= 11 is 0. The molecular weight excluding hydrogens is 488 g/mol. The molecule has 6 heteroatoms. The molecule has 2 unspecified atom stereocenters. The van der Waals surface area contributed by atoms with E-state index in [-0.39, 0.29) is 6.42 Å². The molecule has 2 aromatic carbocycles. The van der Waals surface area contributed by atoms with Gasteiger partial charge in [-0.2, -0.15) is 0 Å². The Labute approximate surface area is 222 Å². The molecule has 0 aliphatic rings. The molecule has 0 fully saturated rings. The van der Waals surface area contributed by atoms with Gasteiger partial charge in [0.05, 0.1) is 11.0 Å². The fraction of sp³-hybridized carbons (Fsp3) is 0.438. The van der Waals surface area contributed by atoms with E-state index in [9.17, 15) is 0 Å². The number of aromatic nitrogens is 2. The van der Waals surface area contributed by atoms with Crippen LogP contribution < -0.4 is 0 Å². The van der Waals surface area contributed by atoms with Gasteiger partial charge in [-0.1, -0.05) is 65.7 Å². The normalized spacial score (nSPS) is 15.1. The molecule has 0 spiro atoms. The lowest BCUT2D eigenvalue weighted by Gasteiger charge is -2.36. The summed E-state index contributed by atoms with van der Waals surface area (Å²) in [6, 6.07) is 9.66. The summed E-state index contributed by atoms with van der Waals surface area (Å²) in [7, 11) is 0. The van der Waals surface area contributed by atoms with E-state index in [1.807, 2.05) is 51.1 Å². The highest BCUT2D eigenvalue weighted by molar-refractivity contribution is 6.02. The SMILES string of the molecule is CCCC(C)(CC)c1c(F)c(F)c(C(CC)(CCC)Cc2cnc3c(ccc4cccnc43)c2)c(F)c1F. The van der Waals surface area contributed by atoms with Crippen molar-refractivity contribution >= 4 is 21.8 Å². The summed E-state index contributed by atoms with van der Waals surface area (Å²) in [6.45, 7) is 9.08. The zero-order valence-electron chi connectivity index (χ0n) is 22.9. The highest BCUT2D eigenvalue weighted by Gasteiger charge is 2.42. The summed E-state index contributed by atoms with van der Waals surface area (Å²) in [6.07, 6.45) is 6.30. The second-order valence-corrected chi connectivity index (χ2v) is 10.8. The first-order valence-corrected chi connectivity index (χ1v) is 13.7. The molecule has 2 nitrogen and oxygen atoms in total. The van der Waals surface area contributed by atoms with E-state index >= 15 is 17.6 Å². The van der Waals surface area contributed by atoms with Crippen LogP contribution in [0.5, 0.6) is 0 Å². The van der Waals surface area contributed by atoms with Gasteiger partial charge in [-0.05, 0) is 55.2 Å². The number of halogens is 4. The molecule has 2 atom stereocenters. The number of rotatable bonds is 10. The van der Waals surface area contributed by atoms with Gasteiger partial charge in [0.25, 0.3) is 0 Å². The van der Waals surface area contributed by atoms with Gasteiger partial charge in [-0.15, -0.1) is 0 Å². The van der Waals surface area contributed by atoms with Crippen molar-refractivity contribution in [3.05, 3.63) is 82.7 Å². The minimum atomic E-state index is -1.27. The van der Waals surface area contributed by atoms with E-state index in [0.29, 0.717) is 38.5 Å². The van der Waals surface area contributed by atoms with E-state index in [4.69, 9.17) is 0 Å². The third-order valence-corrected chi connectivity index (χ3v) is 8.41. The van der Waals surface area contributed by atoms with Crippen LogP contribution in [0.15, 0.2) is 42.7 Å². The van der Waals surface area contributed by atoms with Crippen molar-refractivity contribution in [2.75, 3.05) is 0 Å². The average Bonchev–Trinajstić information content (AvgIpc) is 2.92. The lowest BCUT2D eigenvalue weighted by Crippen LogP contribution is -2.34. The van der Waals surface area contributed by atoms with Gasteiger partial charge in [-0.3, -0.25) is 9.97 Å². The van der Waals surface area contributed by atoms with E-state index in [0.717, 1.165) is 27.4 Å². The van der Waals surface area contributed by atoms with Crippen LogP contribution in [0.3, 0.4) is 0 Å². The molecule has 0 saturated heterocycles. The topological polar surface area (TPSA) is 25.8 Å². The Bertz CT molecular complexity index is 1440. The fourth-order valence-corrected chi connectivity index (χ4v) is 6.19. The molecule has 4 aromatic rings. The van der Waals surface area contributed by atoms with E-state index in [1.165, 1.54) is 0 Å². The first-order chi connectivity index (χ1) is 18.2. The third kappa shape index (κ3) is 4.67. The van der Waals surface area contributed by atoms with Crippen LogP contribution >= 0.6 is 0 Å². The van der Waals surface area contributed by atoms with Gasteiger partial charge >= 0.3 is 0 Å². The third-order valence-electron chi connectivity index (χ3n) is 8.41. The number of fused-ring (bicyclic) bond motifs is 3. The van der Waals surface area contributed by atoms with Gasteiger partial charge in [0.1, 0.15) is 0 Å². The van der Waals surface area contributed by atoms with Gasteiger partial charge in [-0.25, -0.2) is 17.6 Å². The molecule has 0 radical (unpaired) electrons. The van der Waals surface area contributed by atoms with Crippen molar-refractivity contribution in [2.24, 2.45) is 0 Å². The van der Waals surface area contributed by atoms with Crippen LogP contribution in [-0.2, 0) is 17.3 Å². The molecule has 0 aliphatic carbocycles. The summed E-state index contributed by atoms with van der Waals surface area (Å²) in [5.41, 5.74) is -0.850. The first kappa shape index (κ1) is 28.0. The monoisotopic (exact) mass is 524 g/mol. The molecule has 2 heterocycles. The molecule has 0 amide bonds. The highest BCUT2D eigenvalue weighted by Crippen LogP contribution is 2.45. The largest absolute Gasteiger partial charge is 0.254 e. The zero-order chi connectivity index (χ0) is 27.7. The van der Waals surface area contributed by atoms with Crippen LogP contribution in [0.2, 0.25) is 0 Å². The molecular formula is C32H36F4N2.